The zero-order valence-corrected chi connectivity index (χ0v) is 10.7. The number of halogens is 1. The average molecular weight is 306 g/mol. The lowest BCUT2D eigenvalue weighted by Crippen LogP contribution is -2.36. The zero-order chi connectivity index (χ0) is 12.8. The predicted molar refractivity (Wildman–Crippen MR) is 63.9 cm³/mol. The topological polar surface area (TPSA) is 93.2 Å². The molecule has 0 aliphatic carbocycles. The Hall–Kier alpha value is -1.41. The Morgan fingerprint density at radius 3 is 2.94 bits per heavy atom. The van der Waals surface area contributed by atoms with Crippen LogP contribution >= 0.6 is 15.9 Å². The van der Waals surface area contributed by atoms with Crippen molar-refractivity contribution in [1.29, 1.82) is 0 Å². The lowest BCUT2D eigenvalue weighted by atomic mass is 10.5. The molecule has 1 amide bonds. The van der Waals surface area contributed by atoms with E-state index < -0.39 is 11.2 Å². The summed E-state index contributed by atoms with van der Waals surface area (Å²) in [4.78, 5) is 35.9. The first-order valence-corrected chi connectivity index (χ1v) is 5.59. The number of amides is 1. The molecule has 1 rings (SSSR count). The van der Waals surface area contributed by atoms with Crippen molar-refractivity contribution in [3.63, 3.8) is 0 Å². The third kappa shape index (κ3) is 4.16. The third-order valence-corrected chi connectivity index (χ3v) is 2.47. The van der Waals surface area contributed by atoms with Crippen LogP contribution < -0.4 is 16.6 Å². The summed E-state index contributed by atoms with van der Waals surface area (Å²) in [5.41, 5.74) is -1.15. The Kier molecular flexibility index (Phi) is 5.11. The fourth-order valence-electron chi connectivity index (χ4n) is 1.10. The Bertz CT molecular complexity index is 508. The number of nitrogens with zero attached hydrogens (tertiary/aromatic N) is 1. The van der Waals surface area contributed by atoms with Crippen molar-refractivity contribution in [2.75, 3.05) is 20.3 Å². The number of aromatic nitrogens is 2. The molecule has 0 aromatic carbocycles. The Balaban J connectivity index is 2.69. The van der Waals surface area contributed by atoms with Gasteiger partial charge in [-0.1, -0.05) is 0 Å². The van der Waals surface area contributed by atoms with Gasteiger partial charge in [0, 0.05) is 19.9 Å². The molecule has 0 aliphatic rings. The van der Waals surface area contributed by atoms with Crippen LogP contribution in [-0.4, -0.2) is 35.7 Å². The average Bonchev–Trinajstić information content (AvgIpc) is 2.26. The Morgan fingerprint density at radius 2 is 2.29 bits per heavy atom. The van der Waals surface area contributed by atoms with Crippen LogP contribution in [0.4, 0.5) is 0 Å². The highest BCUT2D eigenvalue weighted by atomic mass is 79.9. The molecule has 0 aliphatic heterocycles. The van der Waals surface area contributed by atoms with E-state index in [9.17, 15) is 14.4 Å². The minimum atomic E-state index is -0.625. The summed E-state index contributed by atoms with van der Waals surface area (Å²) in [6, 6.07) is 0. The van der Waals surface area contributed by atoms with Crippen molar-refractivity contribution >= 4 is 21.8 Å². The largest absolute Gasteiger partial charge is 0.383 e. The number of aromatic amines is 1. The first-order valence-electron chi connectivity index (χ1n) is 4.79. The summed E-state index contributed by atoms with van der Waals surface area (Å²) in [5, 5.41) is 2.56. The van der Waals surface area contributed by atoms with E-state index in [1.54, 1.807) is 0 Å². The standard InChI is InChI=1S/C9H12BrN3O4/c1-17-3-2-11-7(14)5-13-4-6(10)8(15)12-9(13)16/h4H,2-3,5H2,1H3,(H,11,14)(H,12,15,16). The van der Waals surface area contributed by atoms with Crippen molar-refractivity contribution in [2.24, 2.45) is 0 Å². The number of nitrogens with one attached hydrogen (secondary N) is 2. The molecule has 0 radical (unpaired) electrons. The van der Waals surface area contributed by atoms with E-state index in [4.69, 9.17) is 4.74 Å². The van der Waals surface area contributed by atoms with Crippen LogP contribution in [0.3, 0.4) is 0 Å². The van der Waals surface area contributed by atoms with Crippen molar-refractivity contribution in [3.05, 3.63) is 31.5 Å². The number of ether oxygens (including phenoxy) is 1. The summed E-state index contributed by atoms with van der Waals surface area (Å²) in [7, 11) is 1.52. The van der Waals surface area contributed by atoms with Crippen molar-refractivity contribution < 1.29 is 9.53 Å². The van der Waals surface area contributed by atoms with Gasteiger partial charge in [0.2, 0.25) is 5.91 Å². The molecule has 8 heteroatoms. The van der Waals surface area contributed by atoms with E-state index in [1.165, 1.54) is 13.3 Å². The second-order valence-electron chi connectivity index (χ2n) is 3.21. The number of carbonyl (C=O) groups excluding carboxylic acids is 1. The zero-order valence-electron chi connectivity index (χ0n) is 9.16. The van der Waals surface area contributed by atoms with Gasteiger partial charge < -0.3 is 10.1 Å². The maximum absolute atomic E-state index is 11.4. The van der Waals surface area contributed by atoms with Gasteiger partial charge >= 0.3 is 5.69 Å². The van der Waals surface area contributed by atoms with E-state index in [1.807, 2.05) is 0 Å². The van der Waals surface area contributed by atoms with Crippen LogP contribution in [0.15, 0.2) is 20.3 Å². The highest BCUT2D eigenvalue weighted by Crippen LogP contribution is 1.97. The lowest BCUT2D eigenvalue weighted by Gasteiger charge is -2.06. The number of rotatable bonds is 5. The summed E-state index contributed by atoms with van der Waals surface area (Å²) in [6.07, 6.45) is 1.27. The molecule has 94 valence electrons. The molecule has 0 saturated heterocycles. The molecule has 0 fully saturated rings. The van der Waals surface area contributed by atoms with Crippen molar-refractivity contribution in [2.45, 2.75) is 6.54 Å². The molecular weight excluding hydrogens is 294 g/mol. The summed E-state index contributed by atoms with van der Waals surface area (Å²) in [5.74, 6) is -0.330. The molecular formula is C9H12BrN3O4. The number of hydrogen-bond acceptors (Lipinski definition) is 4. The first kappa shape index (κ1) is 13.7. The summed E-state index contributed by atoms with van der Waals surface area (Å²) < 4.78 is 6.06. The minimum Gasteiger partial charge on any atom is -0.383 e. The summed E-state index contributed by atoms with van der Waals surface area (Å²) >= 11 is 2.98. The maximum Gasteiger partial charge on any atom is 0.328 e. The van der Waals surface area contributed by atoms with Crippen LogP contribution in [0, 0.1) is 0 Å². The van der Waals surface area contributed by atoms with E-state index in [0.29, 0.717) is 13.2 Å². The molecule has 0 saturated carbocycles. The minimum absolute atomic E-state index is 0.155. The molecule has 1 heterocycles. The molecule has 1 aromatic rings. The molecule has 1 aromatic heterocycles. The molecule has 0 bridgehead atoms. The second kappa shape index (κ2) is 6.36. The van der Waals surface area contributed by atoms with Crippen molar-refractivity contribution in [1.82, 2.24) is 14.9 Å². The first-order chi connectivity index (χ1) is 8.04. The van der Waals surface area contributed by atoms with Crippen LogP contribution in [0.2, 0.25) is 0 Å². The van der Waals surface area contributed by atoms with Crippen LogP contribution in [0.5, 0.6) is 0 Å². The van der Waals surface area contributed by atoms with E-state index in [0.717, 1.165) is 4.57 Å². The number of hydrogen-bond donors (Lipinski definition) is 2. The third-order valence-electron chi connectivity index (χ3n) is 1.91. The van der Waals surface area contributed by atoms with Crippen molar-refractivity contribution in [3.8, 4) is 0 Å². The SMILES string of the molecule is COCCNC(=O)Cn1cc(Br)c(=O)[nH]c1=O. The van der Waals surface area contributed by atoms with Gasteiger partial charge in [-0.05, 0) is 15.9 Å². The van der Waals surface area contributed by atoms with Crippen LogP contribution in [0.1, 0.15) is 0 Å². The molecule has 0 atom stereocenters. The number of carbonyl (C=O) groups is 1. The molecule has 7 nitrogen and oxygen atoms in total. The highest BCUT2D eigenvalue weighted by molar-refractivity contribution is 9.10. The monoisotopic (exact) mass is 305 g/mol. The Morgan fingerprint density at radius 1 is 1.59 bits per heavy atom. The molecule has 17 heavy (non-hydrogen) atoms. The normalized spacial score (nSPS) is 10.2. The van der Waals surface area contributed by atoms with Gasteiger partial charge in [0.25, 0.3) is 5.56 Å². The smallest absolute Gasteiger partial charge is 0.328 e. The van der Waals surface area contributed by atoms with Gasteiger partial charge in [0.1, 0.15) is 6.54 Å². The van der Waals surface area contributed by atoms with E-state index in [2.05, 4.69) is 26.2 Å². The predicted octanol–water partition coefficient (Wildman–Crippen LogP) is -0.938. The summed E-state index contributed by atoms with van der Waals surface area (Å²) in [6.45, 7) is 0.614. The lowest BCUT2D eigenvalue weighted by molar-refractivity contribution is -0.121. The maximum atomic E-state index is 11.4. The van der Waals surface area contributed by atoms with Gasteiger partial charge in [0.15, 0.2) is 0 Å². The van der Waals surface area contributed by atoms with Gasteiger partial charge in [-0.3, -0.25) is 19.1 Å². The fraction of sp³-hybridized carbons (Fsp3) is 0.444. The van der Waals surface area contributed by atoms with Crippen LogP contribution in [-0.2, 0) is 16.1 Å². The van der Waals surface area contributed by atoms with Gasteiger partial charge in [-0.2, -0.15) is 0 Å². The fourth-order valence-corrected chi connectivity index (χ4v) is 1.45. The van der Waals surface area contributed by atoms with E-state index >= 15 is 0 Å². The van der Waals surface area contributed by atoms with Gasteiger partial charge in [-0.15, -0.1) is 0 Å². The number of methoxy groups -OCH3 is 1. The quantitative estimate of drug-likeness (QED) is 0.687. The molecule has 2 N–H and O–H groups in total. The number of H-pyrrole nitrogens is 1. The van der Waals surface area contributed by atoms with Gasteiger partial charge in [0.05, 0.1) is 11.1 Å². The molecule has 0 unspecified atom stereocenters. The van der Waals surface area contributed by atoms with Crippen LogP contribution in [0.25, 0.3) is 0 Å². The Labute approximate surface area is 105 Å². The van der Waals surface area contributed by atoms with E-state index in [-0.39, 0.29) is 16.9 Å². The second-order valence-corrected chi connectivity index (χ2v) is 4.06. The highest BCUT2D eigenvalue weighted by Gasteiger charge is 2.06. The van der Waals surface area contributed by atoms with Gasteiger partial charge in [-0.25, -0.2) is 4.79 Å². The molecule has 0 spiro atoms.